The van der Waals surface area contributed by atoms with Gasteiger partial charge < -0.3 is 20.1 Å². The summed E-state index contributed by atoms with van der Waals surface area (Å²) in [6.45, 7) is 9.10. The summed E-state index contributed by atoms with van der Waals surface area (Å²) in [5.74, 6) is 5.75. The number of nitrogens with one attached hydrogen (secondary N) is 2. The zero-order valence-electron chi connectivity index (χ0n) is 26.4. The minimum absolute atomic E-state index is 0.00857. The second-order valence-corrected chi connectivity index (χ2v) is 11.7. The van der Waals surface area contributed by atoms with Gasteiger partial charge in [-0.1, -0.05) is 37.0 Å². The van der Waals surface area contributed by atoms with E-state index < -0.39 is 29.4 Å². The lowest BCUT2D eigenvalue weighted by molar-refractivity contribution is -0.130. The lowest BCUT2D eigenvalue weighted by atomic mass is 9.80. The number of alkyl halides is 2. The molecule has 0 spiro atoms. The standard InChI is InChI=1S/C33H41F3N6O2/c1-8-37-33(14-17-42(18-15-33)22(4)43)27-19-26-29(41(7)32(27)44)24(13-10-16-40(5)6)21(3)39-31(26)38-20(2)23-11-9-12-25(28(23)34)30(35)36/h9,11-12,19-20,30,37H,8,14-18H2,1-7H3,(H,38,39)/t20-/m1/s1. The number of rotatable bonds is 8. The second kappa shape index (κ2) is 13.4. The molecule has 1 atom stereocenters. The van der Waals surface area contributed by atoms with E-state index >= 15 is 4.39 Å². The molecule has 4 rings (SSSR count). The van der Waals surface area contributed by atoms with Crippen LogP contribution in [0.25, 0.3) is 10.9 Å². The first-order valence-corrected chi connectivity index (χ1v) is 14.8. The fraction of sp³-hybridized carbons (Fsp3) is 0.485. The highest BCUT2D eigenvalue weighted by Gasteiger charge is 2.39. The molecule has 0 unspecified atom stereocenters. The van der Waals surface area contributed by atoms with Crippen LogP contribution in [0.5, 0.6) is 0 Å². The Bertz CT molecular complexity index is 1670. The lowest BCUT2D eigenvalue weighted by Crippen LogP contribution is -2.54. The maximum Gasteiger partial charge on any atom is 0.266 e. The van der Waals surface area contributed by atoms with Crippen LogP contribution < -0.4 is 16.2 Å². The number of fused-ring (bicyclic) bond motifs is 1. The van der Waals surface area contributed by atoms with E-state index in [2.05, 4.69) is 22.5 Å². The van der Waals surface area contributed by atoms with Crippen LogP contribution in [0.2, 0.25) is 0 Å². The molecule has 0 radical (unpaired) electrons. The number of hydrogen-bond donors (Lipinski definition) is 2. The van der Waals surface area contributed by atoms with Gasteiger partial charge in [-0.05, 0) is 53.4 Å². The zero-order chi connectivity index (χ0) is 32.3. The van der Waals surface area contributed by atoms with Gasteiger partial charge >= 0.3 is 0 Å². The first kappa shape index (κ1) is 33.0. The highest BCUT2D eigenvalue weighted by Crippen LogP contribution is 2.36. The predicted molar refractivity (Wildman–Crippen MR) is 167 cm³/mol. The number of piperidine rings is 1. The molecule has 1 amide bonds. The van der Waals surface area contributed by atoms with Crippen LogP contribution in [0, 0.1) is 24.6 Å². The van der Waals surface area contributed by atoms with E-state index in [1.54, 1.807) is 37.3 Å². The van der Waals surface area contributed by atoms with Crippen molar-refractivity contribution in [3.63, 3.8) is 0 Å². The van der Waals surface area contributed by atoms with Crippen molar-refractivity contribution in [3.05, 3.63) is 68.4 Å². The zero-order valence-corrected chi connectivity index (χ0v) is 26.4. The van der Waals surface area contributed by atoms with Crippen molar-refractivity contribution in [2.75, 3.05) is 45.6 Å². The highest BCUT2D eigenvalue weighted by molar-refractivity contribution is 5.95. The van der Waals surface area contributed by atoms with Gasteiger partial charge in [0, 0.05) is 43.6 Å². The summed E-state index contributed by atoms with van der Waals surface area (Å²) in [7, 11) is 5.52. The van der Waals surface area contributed by atoms with Gasteiger partial charge in [-0.2, -0.15) is 0 Å². The minimum atomic E-state index is -2.95. The van der Waals surface area contributed by atoms with E-state index in [4.69, 9.17) is 4.98 Å². The van der Waals surface area contributed by atoms with E-state index in [1.165, 1.54) is 12.1 Å². The number of benzene rings is 1. The maximum absolute atomic E-state index is 15.1. The molecule has 44 heavy (non-hydrogen) atoms. The van der Waals surface area contributed by atoms with Crippen LogP contribution in [0.15, 0.2) is 29.1 Å². The number of nitrogens with zero attached hydrogens (tertiary/aromatic N) is 4. The number of aromatic nitrogens is 2. The van der Waals surface area contributed by atoms with Crippen molar-refractivity contribution in [1.82, 2.24) is 24.7 Å². The number of carbonyl (C=O) groups is 1. The number of carbonyl (C=O) groups excluding carboxylic acids is 1. The molecule has 236 valence electrons. The van der Waals surface area contributed by atoms with Gasteiger partial charge in [-0.15, -0.1) is 0 Å². The van der Waals surface area contributed by atoms with Gasteiger partial charge in [0.25, 0.3) is 12.0 Å². The monoisotopic (exact) mass is 610 g/mol. The Morgan fingerprint density at radius 2 is 1.86 bits per heavy atom. The van der Waals surface area contributed by atoms with E-state index in [-0.39, 0.29) is 17.0 Å². The Morgan fingerprint density at radius 1 is 1.20 bits per heavy atom. The third kappa shape index (κ3) is 6.47. The highest BCUT2D eigenvalue weighted by atomic mass is 19.3. The van der Waals surface area contributed by atoms with Crippen molar-refractivity contribution in [2.24, 2.45) is 7.05 Å². The minimum Gasteiger partial charge on any atom is -0.363 e. The Kier molecular flexibility index (Phi) is 10.1. The van der Waals surface area contributed by atoms with Crippen molar-refractivity contribution in [3.8, 4) is 11.8 Å². The molecular weight excluding hydrogens is 569 g/mol. The third-order valence-corrected chi connectivity index (χ3v) is 8.36. The van der Waals surface area contributed by atoms with Crippen LogP contribution in [-0.4, -0.2) is 65.5 Å². The average molecular weight is 611 g/mol. The fourth-order valence-corrected chi connectivity index (χ4v) is 6.00. The number of amides is 1. The molecule has 3 aromatic rings. The topological polar surface area (TPSA) is 82.5 Å². The number of anilines is 1. The Morgan fingerprint density at radius 3 is 2.45 bits per heavy atom. The van der Waals surface area contributed by atoms with Gasteiger partial charge in [0.15, 0.2) is 0 Å². The van der Waals surface area contributed by atoms with E-state index in [0.29, 0.717) is 72.6 Å². The summed E-state index contributed by atoms with van der Waals surface area (Å²) in [4.78, 5) is 34.8. The van der Waals surface area contributed by atoms with Crippen LogP contribution in [0.4, 0.5) is 19.0 Å². The van der Waals surface area contributed by atoms with Gasteiger partial charge in [-0.3, -0.25) is 14.5 Å². The first-order valence-electron chi connectivity index (χ1n) is 14.8. The summed E-state index contributed by atoms with van der Waals surface area (Å²) in [5.41, 5.74) is 0.817. The maximum atomic E-state index is 15.1. The molecule has 8 nitrogen and oxygen atoms in total. The molecule has 2 N–H and O–H groups in total. The van der Waals surface area contributed by atoms with Gasteiger partial charge in [-0.25, -0.2) is 18.2 Å². The number of halogens is 3. The van der Waals surface area contributed by atoms with Gasteiger partial charge in [0.1, 0.15) is 11.6 Å². The van der Waals surface area contributed by atoms with E-state index in [0.717, 1.165) is 6.07 Å². The summed E-state index contributed by atoms with van der Waals surface area (Å²) in [5, 5.41) is 7.40. The molecule has 1 aliphatic rings. The normalized spacial score (nSPS) is 15.4. The number of pyridine rings is 2. The summed E-state index contributed by atoms with van der Waals surface area (Å²) in [6, 6.07) is 5.06. The molecule has 1 fully saturated rings. The quantitative estimate of drug-likeness (QED) is 0.355. The fourth-order valence-electron chi connectivity index (χ4n) is 6.00. The molecule has 0 aliphatic carbocycles. The largest absolute Gasteiger partial charge is 0.363 e. The second-order valence-electron chi connectivity index (χ2n) is 11.7. The van der Waals surface area contributed by atoms with Gasteiger partial charge in [0.05, 0.1) is 40.5 Å². The Hall–Kier alpha value is -3.88. The molecule has 1 aliphatic heterocycles. The van der Waals surface area contributed by atoms with Crippen molar-refractivity contribution in [1.29, 1.82) is 0 Å². The van der Waals surface area contributed by atoms with Crippen LogP contribution >= 0.6 is 0 Å². The van der Waals surface area contributed by atoms with E-state index in [1.807, 2.05) is 32.0 Å². The molecule has 1 aromatic carbocycles. The number of likely N-dealkylation sites (tertiary alicyclic amines) is 1. The van der Waals surface area contributed by atoms with E-state index in [9.17, 15) is 18.4 Å². The first-order chi connectivity index (χ1) is 20.8. The van der Waals surface area contributed by atoms with Crippen molar-refractivity contribution in [2.45, 2.75) is 58.5 Å². The third-order valence-electron chi connectivity index (χ3n) is 8.36. The summed E-state index contributed by atoms with van der Waals surface area (Å²) in [6.07, 6.45) is -1.86. The summed E-state index contributed by atoms with van der Waals surface area (Å²) < 4.78 is 43.7. The van der Waals surface area contributed by atoms with Crippen LogP contribution in [0.3, 0.4) is 0 Å². The number of hydrogen-bond acceptors (Lipinski definition) is 6. The Balaban J connectivity index is 1.95. The molecule has 1 saturated heterocycles. The lowest BCUT2D eigenvalue weighted by Gasteiger charge is -2.42. The molecule has 3 heterocycles. The Labute approximate surface area is 256 Å². The smallest absolute Gasteiger partial charge is 0.266 e. The van der Waals surface area contributed by atoms with Crippen LogP contribution in [0.1, 0.15) is 74.0 Å². The van der Waals surface area contributed by atoms with Gasteiger partial charge in [0.2, 0.25) is 5.91 Å². The van der Waals surface area contributed by atoms with Crippen molar-refractivity contribution < 1.29 is 18.0 Å². The molecule has 0 bridgehead atoms. The molecular formula is C33H41F3N6O2. The molecule has 0 saturated carbocycles. The molecule has 11 heteroatoms. The SMILES string of the molecule is CCNC1(c2cc3c(N[C@H](C)c4cccc(C(F)F)c4F)nc(C)c(C#CCN(C)C)c3n(C)c2=O)CCN(C(C)=O)CC1. The predicted octanol–water partition coefficient (Wildman–Crippen LogP) is 4.85. The van der Waals surface area contributed by atoms with Crippen molar-refractivity contribution >= 4 is 22.6 Å². The number of aryl methyl sites for hydroxylation is 2. The van der Waals surface area contributed by atoms with Crippen LogP contribution in [-0.2, 0) is 17.4 Å². The summed E-state index contributed by atoms with van der Waals surface area (Å²) >= 11 is 0. The average Bonchev–Trinajstić information content (AvgIpc) is 2.96. The molecule has 2 aromatic heterocycles.